The normalized spacial score (nSPS) is 15.2. The van der Waals surface area contributed by atoms with Gasteiger partial charge in [-0.25, -0.2) is 0 Å². The lowest BCUT2D eigenvalue weighted by Gasteiger charge is -2.30. The lowest BCUT2D eigenvalue weighted by molar-refractivity contribution is 0.0703. The second-order valence-electron chi connectivity index (χ2n) is 6.22. The quantitative estimate of drug-likeness (QED) is 0.715. The molecule has 7 heteroatoms. The fourth-order valence-electron chi connectivity index (χ4n) is 3.22. The number of para-hydroxylation sites is 1. The van der Waals surface area contributed by atoms with Gasteiger partial charge < -0.3 is 18.5 Å². The van der Waals surface area contributed by atoms with Crippen LogP contribution in [-0.2, 0) is 0 Å². The molecule has 0 atom stereocenters. The SMILES string of the molecule is COc1ccccc1C(=O)N1CCC(c2nnc(-c3ccoc3)o2)CC1. The maximum absolute atomic E-state index is 12.8. The molecule has 3 heterocycles. The van der Waals surface area contributed by atoms with Gasteiger partial charge in [0.25, 0.3) is 11.8 Å². The number of rotatable bonds is 4. The second kappa shape index (κ2) is 7.03. The average Bonchev–Trinajstić information content (AvgIpc) is 3.39. The predicted octanol–water partition coefficient (Wildman–Crippen LogP) is 3.36. The van der Waals surface area contributed by atoms with Gasteiger partial charge in [0.1, 0.15) is 12.0 Å². The zero-order valence-electron chi connectivity index (χ0n) is 14.4. The van der Waals surface area contributed by atoms with Crippen LogP contribution in [-0.4, -0.2) is 41.2 Å². The summed E-state index contributed by atoms with van der Waals surface area (Å²) >= 11 is 0. The Morgan fingerprint density at radius 1 is 1.19 bits per heavy atom. The topological polar surface area (TPSA) is 81.6 Å². The highest BCUT2D eigenvalue weighted by atomic mass is 16.5. The molecule has 0 aliphatic carbocycles. The van der Waals surface area contributed by atoms with Gasteiger partial charge in [-0.05, 0) is 31.0 Å². The first-order chi connectivity index (χ1) is 12.8. The number of nitrogens with zero attached hydrogens (tertiary/aromatic N) is 3. The first-order valence-electron chi connectivity index (χ1n) is 8.54. The molecule has 3 aromatic rings. The van der Waals surface area contributed by atoms with Crippen molar-refractivity contribution in [2.75, 3.05) is 20.2 Å². The Labute approximate surface area is 150 Å². The highest BCUT2D eigenvalue weighted by Crippen LogP contribution is 2.30. The Morgan fingerprint density at radius 2 is 2.00 bits per heavy atom. The Balaban J connectivity index is 1.42. The van der Waals surface area contributed by atoms with Crippen LogP contribution in [0.1, 0.15) is 35.0 Å². The molecule has 4 rings (SSSR count). The number of ether oxygens (including phenoxy) is 1. The van der Waals surface area contributed by atoms with Crippen molar-refractivity contribution in [3.05, 3.63) is 54.3 Å². The van der Waals surface area contributed by atoms with Gasteiger partial charge in [-0.2, -0.15) is 0 Å². The number of amides is 1. The van der Waals surface area contributed by atoms with Crippen LogP contribution in [0, 0.1) is 0 Å². The van der Waals surface area contributed by atoms with E-state index in [2.05, 4.69) is 10.2 Å². The molecular formula is C19H19N3O4. The number of aromatic nitrogens is 2. The van der Waals surface area contributed by atoms with Crippen molar-refractivity contribution >= 4 is 5.91 Å². The Hall–Kier alpha value is -3.09. The summed E-state index contributed by atoms with van der Waals surface area (Å²) in [7, 11) is 1.57. The molecule has 1 fully saturated rings. The lowest BCUT2D eigenvalue weighted by atomic mass is 9.96. The van der Waals surface area contributed by atoms with E-state index >= 15 is 0 Å². The second-order valence-corrected chi connectivity index (χ2v) is 6.22. The zero-order valence-corrected chi connectivity index (χ0v) is 14.4. The van der Waals surface area contributed by atoms with Crippen molar-refractivity contribution in [2.24, 2.45) is 0 Å². The molecule has 7 nitrogen and oxygen atoms in total. The fourth-order valence-corrected chi connectivity index (χ4v) is 3.22. The van der Waals surface area contributed by atoms with Gasteiger partial charge in [0.15, 0.2) is 0 Å². The molecule has 134 valence electrons. The lowest BCUT2D eigenvalue weighted by Crippen LogP contribution is -2.38. The van der Waals surface area contributed by atoms with E-state index in [4.69, 9.17) is 13.6 Å². The van der Waals surface area contributed by atoms with Gasteiger partial charge in [0.05, 0.1) is 24.5 Å². The van der Waals surface area contributed by atoms with E-state index in [9.17, 15) is 4.79 Å². The molecule has 0 N–H and O–H groups in total. The molecule has 0 bridgehead atoms. The van der Waals surface area contributed by atoms with E-state index in [1.807, 2.05) is 17.0 Å². The molecular weight excluding hydrogens is 334 g/mol. The molecule has 26 heavy (non-hydrogen) atoms. The summed E-state index contributed by atoms with van der Waals surface area (Å²) in [5.74, 6) is 1.82. The van der Waals surface area contributed by atoms with E-state index in [0.717, 1.165) is 18.4 Å². The molecule has 0 spiro atoms. The fraction of sp³-hybridized carbons (Fsp3) is 0.316. The van der Waals surface area contributed by atoms with Crippen LogP contribution in [0.3, 0.4) is 0 Å². The molecule has 1 saturated heterocycles. The molecule has 0 radical (unpaired) electrons. The van der Waals surface area contributed by atoms with Gasteiger partial charge in [0.2, 0.25) is 5.89 Å². The van der Waals surface area contributed by atoms with Crippen LogP contribution in [0.15, 0.2) is 51.7 Å². The number of carbonyl (C=O) groups excluding carboxylic acids is 1. The van der Waals surface area contributed by atoms with Crippen molar-refractivity contribution < 1.29 is 18.4 Å². The summed E-state index contributed by atoms with van der Waals surface area (Å²) < 4.78 is 16.1. The van der Waals surface area contributed by atoms with E-state index in [-0.39, 0.29) is 11.8 Å². The summed E-state index contributed by atoms with van der Waals surface area (Å²) in [6, 6.07) is 9.08. The average molecular weight is 353 g/mol. The van der Waals surface area contributed by atoms with Gasteiger partial charge in [-0.15, -0.1) is 10.2 Å². The highest BCUT2D eigenvalue weighted by molar-refractivity contribution is 5.97. The number of likely N-dealkylation sites (tertiary alicyclic amines) is 1. The number of methoxy groups -OCH3 is 1. The number of hydrogen-bond donors (Lipinski definition) is 0. The predicted molar refractivity (Wildman–Crippen MR) is 92.9 cm³/mol. The molecule has 1 amide bonds. The molecule has 1 aromatic carbocycles. The van der Waals surface area contributed by atoms with Gasteiger partial charge in [-0.3, -0.25) is 4.79 Å². The zero-order chi connectivity index (χ0) is 17.9. The Morgan fingerprint density at radius 3 is 2.73 bits per heavy atom. The molecule has 2 aromatic heterocycles. The van der Waals surface area contributed by atoms with Crippen LogP contribution in [0.25, 0.3) is 11.5 Å². The summed E-state index contributed by atoms with van der Waals surface area (Å²) in [4.78, 5) is 14.6. The van der Waals surface area contributed by atoms with Crippen molar-refractivity contribution in [2.45, 2.75) is 18.8 Å². The minimum atomic E-state index is -0.00878. The summed E-state index contributed by atoms with van der Waals surface area (Å²) in [5, 5.41) is 8.25. The largest absolute Gasteiger partial charge is 0.496 e. The standard InChI is InChI=1S/C19H19N3O4/c1-24-16-5-3-2-4-15(16)19(23)22-9-6-13(7-10-22)17-20-21-18(26-17)14-8-11-25-12-14/h2-5,8,11-13H,6-7,9-10H2,1H3. The first-order valence-corrected chi connectivity index (χ1v) is 8.54. The number of piperidine rings is 1. The van der Waals surface area contributed by atoms with Crippen LogP contribution < -0.4 is 4.74 Å². The van der Waals surface area contributed by atoms with E-state index in [1.54, 1.807) is 37.8 Å². The van der Waals surface area contributed by atoms with E-state index < -0.39 is 0 Å². The van der Waals surface area contributed by atoms with Gasteiger partial charge in [0, 0.05) is 19.0 Å². The van der Waals surface area contributed by atoms with Crippen LogP contribution in [0.5, 0.6) is 5.75 Å². The van der Waals surface area contributed by atoms with Crippen LogP contribution in [0.4, 0.5) is 0 Å². The Bertz CT molecular complexity index is 880. The summed E-state index contributed by atoms with van der Waals surface area (Å²) in [5.41, 5.74) is 1.36. The smallest absolute Gasteiger partial charge is 0.257 e. The first kappa shape index (κ1) is 16.4. The minimum absolute atomic E-state index is 0.00878. The number of benzene rings is 1. The monoisotopic (exact) mass is 353 g/mol. The summed E-state index contributed by atoms with van der Waals surface area (Å²) in [6.45, 7) is 1.29. The van der Waals surface area contributed by atoms with Gasteiger partial charge in [-0.1, -0.05) is 12.1 Å². The van der Waals surface area contributed by atoms with Gasteiger partial charge >= 0.3 is 0 Å². The van der Waals surface area contributed by atoms with Crippen LogP contribution >= 0.6 is 0 Å². The van der Waals surface area contributed by atoms with Crippen molar-refractivity contribution in [1.29, 1.82) is 0 Å². The molecule has 1 aliphatic rings. The number of hydrogen-bond acceptors (Lipinski definition) is 6. The van der Waals surface area contributed by atoms with Crippen molar-refractivity contribution in [1.82, 2.24) is 15.1 Å². The third kappa shape index (κ3) is 3.08. The van der Waals surface area contributed by atoms with Crippen molar-refractivity contribution in [3.63, 3.8) is 0 Å². The van der Waals surface area contributed by atoms with Crippen molar-refractivity contribution in [3.8, 4) is 17.2 Å². The number of furan rings is 1. The van der Waals surface area contributed by atoms with E-state index in [1.165, 1.54) is 0 Å². The summed E-state index contributed by atoms with van der Waals surface area (Å²) in [6.07, 6.45) is 4.72. The third-order valence-electron chi connectivity index (χ3n) is 4.68. The maximum Gasteiger partial charge on any atom is 0.257 e. The minimum Gasteiger partial charge on any atom is -0.496 e. The number of carbonyl (C=O) groups is 1. The molecule has 1 aliphatic heterocycles. The van der Waals surface area contributed by atoms with E-state index in [0.29, 0.717) is 36.2 Å². The Kier molecular flexibility index (Phi) is 4.43. The maximum atomic E-state index is 12.8. The third-order valence-corrected chi connectivity index (χ3v) is 4.68. The highest BCUT2D eigenvalue weighted by Gasteiger charge is 2.29. The van der Waals surface area contributed by atoms with Crippen LogP contribution in [0.2, 0.25) is 0 Å². The molecule has 0 unspecified atom stereocenters. The molecule has 0 saturated carbocycles.